The number of nitrogens with zero attached hydrogens (tertiary/aromatic N) is 2. The van der Waals surface area contributed by atoms with Crippen molar-refractivity contribution in [3.8, 4) is 0 Å². The lowest BCUT2D eigenvalue weighted by Crippen LogP contribution is -2.37. The Morgan fingerprint density at radius 3 is 2.56 bits per heavy atom. The number of fused-ring (bicyclic) bond motifs is 1. The Morgan fingerprint density at radius 1 is 1.11 bits per heavy atom. The molecule has 1 amide bonds. The average Bonchev–Trinajstić information content (AvgIpc) is 2.61. The second-order valence-electron chi connectivity index (χ2n) is 6.49. The van der Waals surface area contributed by atoms with Crippen molar-refractivity contribution in [3.05, 3.63) is 65.9 Å². The van der Waals surface area contributed by atoms with Gasteiger partial charge in [-0.3, -0.25) is 14.1 Å². The molecule has 3 aromatic rings. The van der Waals surface area contributed by atoms with Crippen molar-refractivity contribution < 1.29 is 13.2 Å². The van der Waals surface area contributed by atoms with E-state index in [0.29, 0.717) is 16.9 Å². The summed E-state index contributed by atoms with van der Waals surface area (Å²) in [7, 11) is -3.68. The van der Waals surface area contributed by atoms with E-state index in [-0.39, 0.29) is 6.54 Å². The third-order valence-electron chi connectivity index (χ3n) is 4.22. The highest BCUT2D eigenvalue weighted by Crippen LogP contribution is 2.26. The van der Waals surface area contributed by atoms with E-state index in [2.05, 4.69) is 10.3 Å². The third kappa shape index (κ3) is 4.25. The van der Waals surface area contributed by atoms with Crippen molar-refractivity contribution in [1.82, 2.24) is 4.98 Å². The molecule has 2 aromatic carbocycles. The second-order valence-corrected chi connectivity index (χ2v) is 8.40. The molecule has 140 valence electrons. The van der Waals surface area contributed by atoms with Crippen LogP contribution >= 0.6 is 0 Å². The summed E-state index contributed by atoms with van der Waals surface area (Å²) in [6.45, 7) is 3.53. The maximum atomic E-state index is 12.6. The van der Waals surface area contributed by atoms with Crippen molar-refractivity contribution in [2.75, 3.05) is 22.4 Å². The Morgan fingerprint density at radius 2 is 1.85 bits per heavy atom. The molecule has 7 heteroatoms. The van der Waals surface area contributed by atoms with Gasteiger partial charge in [-0.2, -0.15) is 0 Å². The van der Waals surface area contributed by atoms with E-state index in [1.807, 2.05) is 44.2 Å². The number of anilines is 2. The molecule has 1 heterocycles. The summed E-state index contributed by atoms with van der Waals surface area (Å²) in [6, 6.07) is 14.5. The van der Waals surface area contributed by atoms with E-state index in [0.717, 1.165) is 27.1 Å². The molecule has 1 N–H and O–H groups in total. The number of amides is 1. The predicted octanol–water partition coefficient (Wildman–Crippen LogP) is 3.26. The Balaban J connectivity index is 1.93. The smallest absolute Gasteiger partial charge is 0.245 e. The van der Waals surface area contributed by atoms with E-state index < -0.39 is 15.9 Å². The van der Waals surface area contributed by atoms with Gasteiger partial charge in [0.05, 0.1) is 17.5 Å². The Kier molecular flexibility index (Phi) is 5.14. The van der Waals surface area contributed by atoms with Crippen molar-refractivity contribution in [2.24, 2.45) is 0 Å². The molecule has 0 radical (unpaired) electrons. The number of hydrogen-bond acceptors (Lipinski definition) is 4. The summed E-state index contributed by atoms with van der Waals surface area (Å²) in [6.07, 6.45) is 2.68. The van der Waals surface area contributed by atoms with Crippen LogP contribution in [0.5, 0.6) is 0 Å². The Bertz CT molecular complexity index is 1110. The van der Waals surface area contributed by atoms with Gasteiger partial charge in [-0.05, 0) is 37.6 Å². The normalized spacial score (nSPS) is 11.4. The number of para-hydroxylation sites is 1. The molecule has 0 aliphatic carbocycles. The first-order valence-electron chi connectivity index (χ1n) is 8.44. The summed E-state index contributed by atoms with van der Waals surface area (Å²) in [5.41, 5.74) is 3.58. The maximum Gasteiger partial charge on any atom is 0.245 e. The van der Waals surface area contributed by atoms with Gasteiger partial charge in [0.1, 0.15) is 6.54 Å². The number of hydrogen-bond donors (Lipinski definition) is 1. The molecule has 0 fully saturated rings. The third-order valence-corrected chi connectivity index (χ3v) is 5.35. The van der Waals surface area contributed by atoms with Crippen LogP contribution in [0.25, 0.3) is 10.9 Å². The second kappa shape index (κ2) is 7.36. The van der Waals surface area contributed by atoms with Gasteiger partial charge in [-0.15, -0.1) is 0 Å². The molecule has 0 aliphatic rings. The lowest BCUT2D eigenvalue weighted by atomic mass is 10.1. The molecule has 0 saturated carbocycles. The number of carbonyl (C=O) groups is 1. The molecule has 0 atom stereocenters. The van der Waals surface area contributed by atoms with Gasteiger partial charge in [0.15, 0.2) is 0 Å². The molecule has 6 nitrogen and oxygen atoms in total. The molecule has 3 rings (SSSR count). The first-order chi connectivity index (χ1) is 12.8. The fraction of sp³-hybridized carbons (Fsp3) is 0.200. The van der Waals surface area contributed by atoms with Crippen molar-refractivity contribution in [3.63, 3.8) is 0 Å². The minimum absolute atomic E-state index is 0.332. The van der Waals surface area contributed by atoms with Crippen LogP contribution in [0.2, 0.25) is 0 Å². The number of carbonyl (C=O) groups excluding carboxylic acids is 1. The van der Waals surface area contributed by atoms with Crippen molar-refractivity contribution in [2.45, 2.75) is 13.8 Å². The lowest BCUT2D eigenvalue weighted by Gasteiger charge is -2.23. The Labute approximate surface area is 158 Å². The van der Waals surface area contributed by atoms with Crippen molar-refractivity contribution >= 4 is 38.2 Å². The highest BCUT2D eigenvalue weighted by Gasteiger charge is 2.23. The van der Waals surface area contributed by atoms with Crippen LogP contribution < -0.4 is 9.62 Å². The fourth-order valence-electron chi connectivity index (χ4n) is 2.94. The number of rotatable bonds is 5. The molecule has 1 aromatic heterocycles. The van der Waals surface area contributed by atoms with E-state index in [9.17, 15) is 13.2 Å². The van der Waals surface area contributed by atoms with E-state index in [1.165, 1.54) is 0 Å². The standard InChI is InChI=1S/C20H21N3O3S/c1-14-9-10-17(15(2)12-14)22-19(24)13-23(27(3,25)26)18-8-4-6-16-7-5-11-21-20(16)18/h4-12H,13H2,1-3H3,(H,22,24). The predicted molar refractivity (Wildman–Crippen MR) is 108 cm³/mol. The number of pyridine rings is 1. The van der Waals surface area contributed by atoms with E-state index >= 15 is 0 Å². The number of sulfonamides is 1. The lowest BCUT2D eigenvalue weighted by molar-refractivity contribution is -0.114. The van der Waals surface area contributed by atoms with Crippen LogP contribution in [-0.2, 0) is 14.8 Å². The minimum atomic E-state index is -3.68. The van der Waals surface area contributed by atoms with Gasteiger partial charge in [0.25, 0.3) is 0 Å². The molecule has 0 saturated heterocycles. The summed E-state index contributed by atoms with van der Waals surface area (Å²) >= 11 is 0. The summed E-state index contributed by atoms with van der Waals surface area (Å²) in [5.74, 6) is -0.416. The van der Waals surface area contributed by atoms with Crippen LogP contribution in [0.4, 0.5) is 11.4 Å². The minimum Gasteiger partial charge on any atom is -0.324 e. The molecule has 0 unspecified atom stereocenters. The van der Waals surface area contributed by atoms with Gasteiger partial charge in [0.2, 0.25) is 15.9 Å². The summed E-state index contributed by atoms with van der Waals surface area (Å²) in [4.78, 5) is 16.9. The van der Waals surface area contributed by atoms with Crippen LogP contribution in [0.1, 0.15) is 11.1 Å². The molecule has 0 spiro atoms. The fourth-order valence-corrected chi connectivity index (χ4v) is 3.80. The van der Waals surface area contributed by atoms with Crippen LogP contribution in [0, 0.1) is 13.8 Å². The molecule has 0 aliphatic heterocycles. The first-order valence-corrected chi connectivity index (χ1v) is 10.3. The number of aromatic nitrogens is 1. The number of benzene rings is 2. The van der Waals surface area contributed by atoms with Crippen molar-refractivity contribution in [1.29, 1.82) is 0 Å². The first kappa shape index (κ1) is 18.8. The van der Waals surface area contributed by atoms with Gasteiger partial charge in [0, 0.05) is 17.3 Å². The van der Waals surface area contributed by atoms with E-state index in [1.54, 1.807) is 24.4 Å². The summed E-state index contributed by atoms with van der Waals surface area (Å²) in [5, 5.41) is 3.60. The molecule has 27 heavy (non-hydrogen) atoms. The van der Waals surface area contributed by atoms with Gasteiger partial charge < -0.3 is 5.32 Å². The zero-order valence-electron chi connectivity index (χ0n) is 15.4. The quantitative estimate of drug-likeness (QED) is 0.733. The van der Waals surface area contributed by atoms with Gasteiger partial charge >= 0.3 is 0 Å². The highest BCUT2D eigenvalue weighted by atomic mass is 32.2. The molecular weight excluding hydrogens is 362 g/mol. The number of nitrogens with one attached hydrogen (secondary N) is 1. The van der Waals surface area contributed by atoms with Gasteiger partial charge in [-0.1, -0.05) is 35.9 Å². The van der Waals surface area contributed by atoms with E-state index in [4.69, 9.17) is 0 Å². The largest absolute Gasteiger partial charge is 0.324 e. The highest BCUT2D eigenvalue weighted by molar-refractivity contribution is 7.92. The molecule has 0 bridgehead atoms. The molecular formula is C20H21N3O3S. The number of aryl methyl sites for hydroxylation is 2. The van der Waals surface area contributed by atoms with Crippen LogP contribution in [0.15, 0.2) is 54.7 Å². The maximum absolute atomic E-state index is 12.6. The average molecular weight is 383 g/mol. The monoisotopic (exact) mass is 383 g/mol. The van der Waals surface area contributed by atoms with Gasteiger partial charge in [-0.25, -0.2) is 8.42 Å². The summed E-state index contributed by atoms with van der Waals surface area (Å²) < 4.78 is 25.9. The zero-order valence-corrected chi connectivity index (χ0v) is 16.2. The van der Waals surface area contributed by atoms with Crippen LogP contribution in [-0.4, -0.2) is 32.1 Å². The SMILES string of the molecule is Cc1ccc(NC(=O)CN(c2cccc3cccnc23)S(C)(=O)=O)c(C)c1. The topological polar surface area (TPSA) is 79.4 Å². The zero-order chi connectivity index (χ0) is 19.6. The Hall–Kier alpha value is -2.93. The van der Waals surface area contributed by atoms with Crippen LogP contribution in [0.3, 0.4) is 0 Å².